The number of carboxylic acids is 1. The molecule has 8 heteroatoms. The fraction of sp³-hybridized carbons (Fsp3) is 0.750. The average molecular weight is 240 g/mol. The molecule has 0 aromatic carbocycles. The van der Waals surface area contributed by atoms with E-state index in [0.29, 0.717) is 0 Å². The van der Waals surface area contributed by atoms with E-state index in [-0.39, 0.29) is 19.6 Å². The first-order valence-corrected chi connectivity index (χ1v) is 4.56. The van der Waals surface area contributed by atoms with Crippen molar-refractivity contribution in [2.45, 2.75) is 6.18 Å². The average Bonchev–Trinajstić information content (AvgIpc) is 2.05. The lowest BCUT2D eigenvalue weighted by molar-refractivity contribution is -0.149. The number of aliphatic carboxylic acids is 1. The van der Waals surface area contributed by atoms with E-state index in [1.54, 1.807) is 5.32 Å². The summed E-state index contributed by atoms with van der Waals surface area (Å²) in [7, 11) is 0. The van der Waals surface area contributed by atoms with Gasteiger partial charge in [-0.3, -0.25) is 14.5 Å². The van der Waals surface area contributed by atoms with Gasteiger partial charge in [-0.15, -0.1) is 0 Å². The van der Waals surface area contributed by atoms with Crippen molar-refractivity contribution in [3.05, 3.63) is 0 Å². The normalized spacial score (nSPS) is 17.9. The summed E-state index contributed by atoms with van der Waals surface area (Å²) in [4.78, 5) is 22.8. The predicted octanol–water partition coefficient (Wildman–Crippen LogP) is -0.319. The summed E-state index contributed by atoms with van der Waals surface area (Å²) >= 11 is 0. The molecule has 1 aliphatic heterocycles. The number of nitrogens with one attached hydrogen (secondary N) is 1. The van der Waals surface area contributed by atoms with Crippen LogP contribution in [0.4, 0.5) is 13.2 Å². The smallest absolute Gasteiger partial charge is 0.405 e. The van der Waals surface area contributed by atoms with E-state index in [4.69, 9.17) is 5.11 Å². The Morgan fingerprint density at radius 2 is 1.94 bits per heavy atom. The van der Waals surface area contributed by atoms with Crippen LogP contribution in [-0.2, 0) is 9.59 Å². The molecule has 0 atom stereocenters. The van der Waals surface area contributed by atoms with Crippen molar-refractivity contribution < 1.29 is 27.9 Å². The first-order valence-electron chi connectivity index (χ1n) is 4.56. The second kappa shape index (κ2) is 4.69. The monoisotopic (exact) mass is 240 g/mol. The summed E-state index contributed by atoms with van der Waals surface area (Å²) in [5, 5.41) is 10.2. The Hall–Kier alpha value is -1.31. The molecule has 16 heavy (non-hydrogen) atoms. The zero-order chi connectivity index (χ0) is 12.3. The van der Waals surface area contributed by atoms with Crippen LogP contribution >= 0.6 is 0 Å². The number of nitrogens with zero attached hydrogens (tertiary/aromatic N) is 1. The summed E-state index contributed by atoms with van der Waals surface area (Å²) in [6, 6.07) is 0. The van der Waals surface area contributed by atoms with E-state index in [1.807, 2.05) is 0 Å². The summed E-state index contributed by atoms with van der Waals surface area (Å²) in [6.45, 7) is -1.15. The van der Waals surface area contributed by atoms with Gasteiger partial charge in [0.15, 0.2) is 0 Å². The van der Waals surface area contributed by atoms with Gasteiger partial charge in [0.05, 0.1) is 12.5 Å². The maximum Gasteiger partial charge on any atom is 0.405 e. The van der Waals surface area contributed by atoms with Crippen LogP contribution in [0.1, 0.15) is 0 Å². The van der Waals surface area contributed by atoms with Gasteiger partial charge < -0.3 is 10.4 Å². The molecular formula is C8H11F3N2O3. The lowest BCUT2D eigenvalue weighted by atomic mass is 10.0. The summed E-state index contributed by atoms with van der Waals surface area (Å²) in [5.41, 5.74) is 0. The van der Waals surface area contributed by atoms with Gasteiger partial charge in [-0.1, -0.05) is 0 Å². The minimum absolute atomic E-state index is 0.195. The van der Waals surface area contributed by atoms with Crippen LogP contribution in [0.15, 0.2) is 0 Å². The molecule has 0 saturated carbocycles. The van der Waals surface area contributed by atoms with Crippen LogP contribution in [0.2, 0.25) is 0 Å². The predicted molar refractivity (Wildman–Crippen MR) is 46.6 cm³/mol. The van der Waals surface area contributed by atoms with Gasteiger partial charge in [0, 0.05) is 13.1 Å². The standard InChI is InChI=1S/C8H11F3N2O3/c9-8(10,11)4-12-6(14)3-13-1-5(2-13)7(15)16/h5H,1-4H2,(H,12,14)(H,15,16). The number of rotatable bonds is 4. The summed E-state index contributed by atoms with van der Waals surface area (Å²) in [5.74, 6) is -2.22. The third-order valence-electron chi connectivity index (χ3n) is 2.16. The van der Waals surface area contributed by atoms with Crippen molar-refractivity contribution in [3.63, 3.8) is 0 Å². The second-order valence-corrected chi connectivity index (χ2v) is 3.62. The van der Waals surface area contributed by atoms with E-state index >= 15 is 0 Å². The Bertz CT molecular complexity index is 287. The van der Waals surface area contributed by atoms with Crippen LogP contribution in [-0.4, -0.2) is 54.2 Å². The van der Waals surface area contributed by atoms with Gasteiger partial charge in [-0.25, -0.2) is 0 Å². The third kappa shape index (κ3) is 4.05. The van der Waals surface area contributed by atoms with Crippen LogP contribution in [0.5, 0.6) is 0 Å². The molecule has 5 nitrogen and oxygen atoms in total. The number of amides is 1. The van der Waals surface area contributed by atoms with Gasteiger partial charge >= 0.3 is 12.1 Å². The fourth-order valence-corrected chi connectivity index (χ4v) is 1.31. The van der Waals surface area contributed by atoms with E-state index in [2.05, 4.69) is 0 Å². The van der Waals surface area contributed by atoms with Gasteiger partial charge in [-0.05, 0) is 0 Å². The highest BCUT2D eigenvalue weighted by atomic mass is 19.4. The first-order chi connectivity index (χ1) is 7.28. The number of halogens is 3. The number of carbonyl (C=O) groups excluding carboxylic acids is 1. The van der Waals surface area contributed by atoms with E-state index in [0.717, 1.165) is 0 Å². The van der Waals surface area contributed by atoms with Crippen molar-refractivity contribution >= 4 is 11.9 Å². The largest absolute Gasteiger partial charge is 0.481 e. The quantitative estimate of drug-likeness (QED) is 0.706. The number of carboxylic acid groups (broad SMARTS) is 1. The number of likely N-dealkylation sites (tertiary alicyclic amines) is 1. The molecule has 1 fully saturated rings. The van der Waals surface area contributed by atoms with Gasteiger partial charge in [0.25, 0.3) is 0 Å². The van der Waals surface area contributed by atoms with Crippen LogP contribution in [0, 0.1) is 5.92 Å². The summed E-state index contributed by atoms with van der Waals surface area (Å²) in [6.07, 6.45) is -4.42. The molecule has 0 unspecified atom stereocenters. The zero-order valence-electron chi connectivity index (χ0n) is 8.25. The lowest BCUT2D eigenvalue weighted by Gasteiger charge is -2.35. The molecule has 0 radical (unpaired) electrons. The van der Waals surface area contributed by atoms with E-state index in [9.17, 15) is 22.8 Å². The molecule has 2 N–H and O–H groups in total. The Morgan fingerprint density at radius 3 is 2.38 bits per heavy atom. The third-order valence-corrected chi connectivity index (χ3v) is 2.16. The highest BCUT2D eigenvalue weighted by Crippen LogP contribution is 2.15. The lowest BCUT2D eigenvalue weighted by Crippen LogP contribution is -2.54. The number of hydrogen-bond acceptors (Lipinski definition) is 3. The molecule has 1 heterocycles. The molecule has 1 amide bonds. The minimum Gasteiger partial charge on any atom is -0.481 e. The van der Waals surface area contributed by atoms with E-state index < -0.39 is 30.5 Å². The van der Waals surface area contributed by atoms with Crippen molar-refractivity contribution in [1.82, 2.24) is 10.2 Å². The molecule has 0 aromatic rings. The fourth-order valence-electron chi connectivity index (χ4n) is 1.31. The van der Waals surface area contributed by atoms with Crippen molar-refractivity contribution in [1.29, 1.82) is 0 Å². The Labute approximate surface area is 89.2 Å². The molecule has 0 spiro atoms. The number of carbonyl (C=O) groups is 2. The molecule has 0 aromatic heterocycles. The molecule has 0 aliphatic carbocycles. The van der Waals surface area contributed by atoms with Crippen molar-refractivity contribution in [2.24, 2.45) is 5.92 Å². The molecular weight excluding hydrogens is 229 g/mol. The number of hydrogen-bond donors (Lipinski definition) is 2. The molecule has 1 aliphatic rings. The highest BCUT2D eigenvalue weighted by molar-refractivity contribution is 5.79. The summed E-state index contributed by atoms with van der Waals surface area (Å²) < 4.78 is 35.1. The number of alkyl halides is 3. The minimum atomic E-state index is -4.42. The van der Waals surface area contributed by atoms with Crippen LogP contribution in [0.25, 0.3) is 0 Å². The van der Waals surface area contributed by atoms with Gasteiger partial charge in [0.1, 0.15) is 6.54 Å². The Morgan fingerprint density at radius 1 is 1.38 bits per heavy atom. The van der Waals surface area contributed by atoms with Crippen LogP contribution in [0.3, 0.4) is 0 Å². The molecule has 0 bridgehead atoms. The van der Waals surface area contributed by atoms with Gasteiger partial charge in [-0.2, -0.15) is 13.2 Å². The molecule has 92 valence electrons. The maximum atomic E-state index is 11.7. The van der Waals surface area contributed by atoms with Crippen molar-refractivity contribution in [3.8, 4) is 0 Å². The first kappa shape index (κ1) is 12.8. The zero-order valence-corrected chi connectivity index (χ0v) is 8.25. The molecule has 1 saturated heterocycles. The Kier molecular flexibility index (Phi) is 3.74. The van der Waals surface area contributed by atoms with Crippen LogP contribution < -0.4 is 5.32 Å². The topological polar surface area (TPSA) is 69.6 Å². The highest BCUT2D eigenvalue weighted by Gasteiger charge is 2.34. The molecule has 1 rings (SSSR count). The van der Waals surface area contributed by atoms with E-state index in [1.165, 1.54) is 4.90 Å². The Balaban J connectivity index is 2.15. The maximum absolute atomic E-state index is 11.7. The van der Waals surface area contributed by atoms with Gasteiger partial charge in [0.2, 0.25) is 5.91 Å². The second-order valence-electron chi connectivity index (χ2n) is 3.62. The SMILES string of the molecule is O=C(CN1CC(C(=O)O)C1)NCC(F)(F)F. The van der Waals surface area contributed by atoms with Crippen molar-refractivity contribution in [2.75, 3.05) is 26.2 Å².